The van der Waals surface area contributed by atoms with Gasteiger partial charge >= 0.3 is 0 Å². The number of aromatic nitrogens is 4. The Morgan fingerprint density at radius 3 is 2.76 bits per heavy atom. The van der Waals surface area contributed by atoms with Crippen LogP contribution in [0.4, 0.5) is 17.2 Å². The van der Waals surface area contributed by atoms with E-state index in [1.807, 2.05) is 41.4 Å². The van der Waals surface area contributed by atoms with Crippen molar-refractivity contribution in [2.75, 3.05) is 17.3 Å². The summed E-state index contributed by atoms with van der Waals surface area (Å²) in [5, 5.41) is 12.1. The molecule has 172 valence electrons. The molecule has 1 amide bonds. The monoisotopic (exact) mass is 454 g/mol. The van der Waals surface area contributed by atoms with E-state index in [-0.39, 0.29) is 17.9 Å². The molecule has 1 aliphatic carbocycles. The Morgan fingerprint density at radius 2 is 1.91 bits per heavy atom. The van der Waals surface area contributed by atoms with Crippen molar-refractivity contribution < 1.29 is 9.53 Å². The molecule has 0 radical (unpaired) electrons. The number of methoxy groups -OCH3 is 1. The molecule has 1 saturated carbocycles. The Hall–Kier alpha value is -3.78. The largest absolute Gasteiger partial charge is 0.381 e. The Bertz CT molecular complexity index is 1360. The summed E-state index contributed by atoms with van der Waals surface area (Å²) in [4.78, 5) is 20.4. The summed E-state index contributed by atoms with van der Waals surface area (Å²) < 4.78 is 7.14. The van der Waals surface area contributed by atoms with Gasteiger partial charge in [0.2, 0.25) is 5.91 Å². The molecule has 0 bridgehead atoms. The van der Waals surface area contributed by atoms with Gasteiger partial charge in [0.1, 0.15) is 5.82 Å². The van der Waals surface area contributed by atoms with Gasteiger partial charge in [0, 0.05) is 36.5 Å². The molecule has 0 spiro atoms. The van der Waals surface area contributed by atoms with Crippen LogP contribution in [0.5, 0.6) is 0 Å². The van der Waals surface area contributed by atoms with E-state index >= 15 is 0 Å². The Morgan fingerprint density at radius 1 is 1.06 bits per heavy atom. The number of anilines is 3. The second-order valence-electron chi connectivity index (χ2n) is 8.96. The van der Waals surface area contributed by atoms with Gasteiger partial charge in [-0.3, -0.25) is 4.79 Å². The number of carbonyl (C=O) groups excluding carboxylic acids is 1. The molecule has 6 rings (SSSR count). The Balaban J connectivity index is 1.42. The third-order valence-electron chi connectivity index (χ3n) is 7.00. The molecule has 0 unspecified atom stereocenters. The molecule has 0 atom stereocenters. The first-order valence-electron chi connectivity index (χ1n) is 11.7. The molecule has 1 N–H and O–H groups in total. The molecule has 1 aromatic carbocycles. The predicted molar refractivity (Wildman–Crippen MR) is 130 cm³/mol. The van der Waals surface area contributed by atoms with E-state index < -0.39 is 0 Å². The number of nitrogens with zero attached hydrogens (tertiary/aromatic N) is 5. The van der Waals surface area contributed by atoms with Crippen molar-refractivity contribution in [3.63, 3.8) is 0 Å². The fraction of sp³-hybridized carbons (Fsp3) is 0.308. The maximum absolute atomic E-state index is 13.9. The highest BCUT2D eigenvalue weighted by atomic mass is 16.5. The fourth-order valence-electron chi connectivity index (χ4n) is 5.11. The van der Waals surface area contributed by atoms with Crippen molar-refractivity contribution in [3.8, 4) is 11.1 Å². The van der Waals surface area contributed by atoms with Crippen LogP contribution < -0.4 is 10.2 Å². The quantitative estimate of drug-likeness (QED) is 0.488. The number of fused-ring (bicyclic) bond motifs is 3. The van der Waals surface area contributed by atoms with Crippen LogP contribution in [0, 0.1) is 5.92 Å². The van der Waals surface area contributed by atoms with Gasteiger partial charge in [-0.25, -0.2) is 4.98 Å². The summed E-state index contributed by atoms with van der Waals surface area (Å²) in [5.74, 6) is 0.936. The van der Waals surface area contributed by atoms with Crippen molar-refractivity contribution in [2.45, 2.75) is 38.3 Å². The number of ether oxygens (including phenoxy) is 1. The summed E-state index contributed by atoms with van der Waals surface area (Å²) >= 11 is 0. The van der Waals surface area contributed by atoms with Gasteiger partial charge in [-0.05, 0) is 61.6 Å². The van der Waals surface area contributed by atoms with Gasteiger partial charge in [-0.15, -0.1) is 0 Å². The van der Waals surface area contributed by atoms with Crippen LogP contribution >= 0.6 is 0 Å². The molecule has 4 aromatic rings. The van der Waals surface area contributed by atoms with Gasteiger partial charge in [-0.2, -0.15) is 14.8 Å². The molecular formula is C26H26N6O2. The number of rotatable bonds is 3. The van der Waals surface area contributed by atoms with E-state index in [0.717, 1.165) is 65.1 Å². The van der Waals surface area contributed by atoms with Crippen LogP contribution in [-0.4, -0.2) is 38.9 Å². The number of amides is 1. The van der Waals surface area contributed by atoms with Gasteiger partial charge in [0.25, 0.3) is 0 Å². The summed E-state index contributed by atoms with van der Waals surface area (Å²) in [6, 6.07) is 14.0. The lowest BCUT2D eigenvalue weighted by Crippen LogP contribution is -2.38. The van der Waals surface area contributed by atoms with E-state index in [9.17, 15) is 4.79 Å². The van der Waals surface area contributed by atoms with Crippen LogP contribution in [-0.2, 0) is 16.1 Å². The summed E-state index contributed by atoms with van der Waals surface area (Å²) in [6.07, 6.45) is 9.08. The molecule has 8 nitrogen and oxygen atoms in total. The lowest BCUT2D eigenvalue weighted by molar-refractivity contribution is -0.124. The third kappa shape index (κ3) is 3.60. The SMILES string of the molecule is CO[C@H]1CC[C@H](C(=O)N2Cc3cccnc3Nc3ccc(-c4cnn5ncccc45)cc32)CC1. The van der Waals surface area contributed by atoms with Crippen molar-refractivity contribution in [1.29, 1.82) is 0 Å². The molecule has 34 heavy (non-hydrogen) atoms. The zero-order valence-electron chi connectivity index (χ0n) is 19.0. The summed E-state index contributed by atoms with van der Waals surface area (Å²) in [7, 11) is 1.75. The average Bonchev–Trinajstić information content (AvgIpc) is 3.25. The summed E-state index contributed by atoms with van der Waals surface area (Å²) in [6.45, 7) is 0.478. The number of nitrogens with one attached hydrogen (secondary N) is 1. The molecule has 1 aliphatic heterocycles. The van der Waals surface area contributed by atoms with Crippen LogP contribution in [0.3, 0.4) is 0 Å². The number of pyridine rings is 1. The van der Waals surface area contributed by atoms with E-state index in [2.05, 4.69) is 32.6 Å². The van der Waals surface area contributed by atoms with Gasteiger partial charge in [0.15, 0.2) is 0 Å². The van der Waals surface area contributed by atoms with Crippen LogP contribution in [0.1, 0.15) is 31.2 Å². The average molecular weight is 455 g/mol. The normalized spacial score (nSPS) is 19.7. The topological polar surface area (TPSA) is 84.6 Å². The van der Waals surface area contributed by atoms with Crippen molar-refractivity contribution >= 4 is 28.6 Å². The Kier molecular flexibility index (Phi) is 5.22. The predicted octanol–water partition coefficient (Wildman–Crippen LogP) is 4.59. The summed E-state index contributed by atoms with van der Waals surface area (Å²) in [5.41, 5.74) is 5.61. The number of hydrogen-bond donors (Lipinski definition) is 1. The van der Waals surface area contributed by atoms with E-state index in [1.165, 1.54) is 0 Å². The maximum Gasteiger partial charge on any atom is 0.230 e. The van der Waals surface area contributed by atoms with Crippen molar-refractivity contribution in [2.24, 2.45) is 5.92 Å². The van der Waals surface area contributed by atoms with Crippen LogP contribution in [0.15, 0.2) is 61.1 Å². The highest BCUT2D eigenvalue weighted by Crippen LogP contribution is 2.40. The lowest BCUT2D eigenvalue weighted by Gasteiger charge is -2.32. The fourth-order valence-corrected chi connectivity index (χ4v) is 5.11. The van der Waals surface area contributed by atoms with E-state index in [0.29, 0.717) is 6.54 Å². The minimum absolute atomic E-state index is 0.0118. The standard InChI is InChI=1S/C26H26N6O2/c1-34-20-9-6-17(7-10-20)26(33)31-16-19-4-2-12-27-25(19)30-22-11-8-18(14-24(22)31)21-15-29-32-23(21)5-3-13-28-32/h2-5,8,11-15,17,20H,6-7,9-10,16H2,1H3,(H,27,30)/t17-,20-. The van der Waals surface area contributed by atoms with Crippen LogP contribution in [0.25, 0.3) is 16.6 Å². The minimum Gasteiger partial charge on any atom is -0.381 e. The second kappa shape index (κ2) is 8.53. The van der Waals surface area contributed by atoms with E-state index in [1.54, 1.807) is 24.1 Å². The second-order valence-corrected chi connectivity index (χ2v) is 8.96. The van der Waals surface area contributed by atoms with E-state index in [4.69, 9.17) is 4.74 Å². The molecule has 4 heterocycles. The van der Waals surface area contributed by atoms with Gasteiger partial charge < -0.3 is 15.0 Å². The van der Waals surface area contributed by atoms with Gasteiger partial charge in [0.05, 0.1) is 35.7 Å². The first kappa shape index (κ1) is 20.8. The molecule has 0 saturated heterocycles. The molecule has 1 fully saturated rings. The highest BCUT2D eigenvalue weighted by Gasteiger charge is 2.33. The first-order chi connectivity index (χ1) is 16.7. The van der Waals surface area contributed by atoms with Crippen molar-refractivity contribution in [1.82, 2.24) is 19.8 Å². The number of hydrogen-bond acceptors (Lipinski definition) is 6. The third-order valence-corrected chi connectivity index (χ3v) is 7.00. The molecule has 3 aromatic heterocycles. The van der Waals surface area contributed by atoms with Crippen LogP contribution in [0.2, 0.25) is 0 Å². The molecule has 2 aliphatic rings. The highest BCUT2D eigenvalue weighted by molar-refractivity contribution is 6.01. The molecular weight excluding hydrogens is 428 g/mol. The molecule has 8 heteroatoms. The lowest BCUT2D eigenvalue weighted by atomic mass is 9.86. The zero-order chi connectivity index (χ0) is 23.1. The first-order valence-corrected chi connectivity index (χ1v) is 11.7. The maximum atomic E-state index is 13.9. The number of carbonyl (C=O) groups is 1. The smallest absolute Gasteiger partial charge is 0.230 e. The van der Waals surface area contributed by atoms with Gasteiger partial charge in [-0.1, -0.05) is 12.1 Å². The van der Waals surface area contributed by atoms with Crippen molar-refractivity contribution in [3.05, 3.63) is 66.6 Å². The Labute approximate surface area is 197 Å². The minimum atomic E-state index is -0.0118. The zero-order valence-corrected chi connectivity index (χ0v) is 19.0. The number of benzene rings is 1.